The summed E-state index contributed by atoms with van der Waals surface area (Å²) in [5.74, 6) is 0.986. The van der Waals surface area contributed by atoms with Crippen LogP contribution in [0.4, 0.5) is 5.69 Å². The first kappa shape index (κ1) is 12.3. The number of nitrogens with zero attached hydrogens (tertiary/aromatic N) is 1. The van der Waals surface area contributed by atoms with Gasteiger partial charge in [0.25, 0.3) is 0 Å². The lowest BCUT2D eigenvalue weighted by atomic mass is 9.97. The molecule has 2 nitrogen and oxygen atoms in total. The van der Waals surface area contributed by atoms with Crippen LogP contribution < -0.4 is 4.90 Å². The molecule has 0 radical (unpaired) electrons. The van der Waals surface area contributed by atoms with E-state index < -0.39 is 0 Å². The van der Waals surface area contributed by atoms with Crippen LogP contribution in [0.25, 0.3) is 0 Å². The molecule has 3 heteroatoms. The molecule has 19 heavy (non-hydrogen) atoms. The number of fused-ring (bicyclic) bond motifs is 2. The van der Waals surface area contributed by atoms with Crippen molar-refractivity contribution in [1.82, 2.24) is 0 Å². The molecular formula is C16H15NOS. The Morgan fingerprint density at radius 1 is 1.05 bits per heavy atom. The van der Waals surface area contributed by atoms with Crippen LogP contribution in [-0.4, -0.2) is 19.9 Å². The molecule has 1 aliphatic heterocycles. The fourth-order valence-corrected chi connectivity index (χ4v) is 3.45. The average Bonchev–Trinajstić information content (AvgIpc) is 2.57. The van der Waals surface area contributed by atoms with Gasteiger partial charge in [-0.15, -0.1) is 11.8 Å². The number of ketones is 1. The summed E-state index contributed by atoms with van der Waals surface area (Å²) in [6, 6.07) is 14.0. The maximum absolute atomic E-state index is 12.8. The van der Waals surface area contributed by atoms with E-state index in [4.69, 9.17) is 0 Å². The van der Waals surface area contributed by atoms with Crippen LogP contribution in [0.15, 0.2) is 47.4 Å². The molecule has 0 N–H and O–H groups in total. The Bertz CT molecular complexity index is 649. The van der Waals surface area contributed by atoms with E-state index in [-0.39, 0.29) is 5.78 Å². The van der Waals surface area contributed by atoms with E-state index in [1.54, 1.807) is 11.8 Å². The number of hydrogen-bond donors (Lipinski definition) is 0. The fourth-order valence-electron chi connectivity index (χ4n) is 2.41. The largest absolute Gasteiger partial charge is 0.377 e. The van der Waals surface area contributed by atoms with Crippen molar-refractivity contribution in [3.05, 3.63) is 59.2 Å². The second-order valence-electron chi connectivity index (χ2n) is 4.82. The molecule has 0 saturated heterocycles. The number of carbonyl (C=O) groups is 1. The Labute approximate surface area is 117 Å². The highest BCUT2D eigenvalue weighted by Gasteiger charge is 2.24. The van der Waals surface area contributed by atoms with Gasteiger partial charge >= 0.3 is 0 Å². The first-order chi connectivity index (χ1) is 9.18. The predicted octanol–water partition coefficient (Wildman–Crippen LogP) is 3.59. The molecule has 3 rings (SSSR count). The van der Waals surface area contributed by atoms with Gasteiger partial charge in [-0.2, -0.15) is 0 Å². The van der Waals surface area contributed by atoms with Crippen molar-refractivity contribution in [1.29, 1.82) is 0 Å². The fraction of sp³-hybridized carbons (Fsp3) is 0.188. The maximum Gasteiger partial charge on any atom is 0.196 e. The summed E-state index contributed by atoms with van der Waals surface area (Å²) in [6.45, 7) is 0. The third kappa shape index (κ3) is 2.04. The molecule has 0 aliphatic carbocycles. The number of benzene rings is 2. The van der Waals surface area contributed by atoms with Crippen LogP contribution in [0.5, 0.6) is 0 Å². The van der Waals surface area contributed by atoms with E-state index in [1.807, 2.05) is 55.4 Å². The highest BCUT2D eigenvalue weighted by Crippen LogP contribution is 2.36. The lowest BCUT2D eigenvalue weighted by molar-refractivity contribution is 0.103. The van der Waals surface area contributed by atoms with Crippen molar-refractivity contribution in [3.8, 4) is 0 Å². The van der Waals surface area contributed by atoms with Crippen LogP contribution in [-0.2, 0) is 5.75 Å². The summed E-state index contributed by atoms with van der Waals surface area (Å²) in [7, 11) is 3.96. The summed E-state index contributed by atoms with van der Waals surface area (Å²) in [6.07, 6.45) is 0. The zero-order valence-corrected chi connectivity index (χ0v) is 11.8. The van der Waals surface area contributed by atoms with E-state index in [2.05, 4.69) is 6.07 Å². The van der Waals surface area contributed by atoms with Crippen LogP contribution in [0.2, 0.25) is 0 Å². The van der Waals surface area contributed by atoms with Gasteiger partial charge in [-0.05, 0) is 23.8 Å². The smallest absolute Gasteiger partial charge is 0.196 e. The second-order valence-corrected chi connectivity index (χ2v) is 5.84. The van der Waals surface area contributed by atoms with Crippen molar-refractivity contribution in [2.75, 3.05) is 19.0 Å². The van der Waals surface area contributed by atoms with Crippen molar-refractivity contribution < 1.29 is 4.79 Å². The Morgan fingerprint density at radius 2 is 1.84 bits per heavy atom. The minimum atomic E-state index is 0.139. The number of thioether (sulfide) groups is 1. The summed E-state index contributed by atoms with van der Waals surface area (Å²) < 4.78 is 0. The van der Waals surface area contributed by atoms with Crippen LogP contribution in [0.1, 0.15) is 21.5 Å². The molecule has 2 aromatic rings. The van der Waals surface area contributed by atoms with Gasteiger partial charge in [0.2, 0.25) is 0 Å². The van der Waals surface area contributed by atoms with Gasteiger partial charge in [0.15, 0.2) is 5.78 Å². The third-order valence-electron chi connectivity index (χ3n) is 3.35. The van der Waals surface area contributed by atoms with Crippen LogP contribution >= 0.6 is 11.8 Å². The molecule has 0 bridgehead atoms. The highest BCUT2D eigenvalue weighted by atomic mass is 32.2. The Balaban J connectivity index is 2.24. The number of anilines is 1. The molecule has 0 aromatic heterocycles. The topological polar surface area (TPSA) is 20.3 Å². The quantitative estimate of drug-likeness (QED) is 0.789. The first-order valence-corrected chi connectivity index (χ1v) is 7.23. The standard InChI is InChI=1S/C16H15NOS/c1-17(2)13-8-5-6-11-10-19-14-9-4-3-7-12(14)16(18)15(11)13/h3-9H,10H2,1-2H3. The normalized spacial score (nSPS) is 13.5. The lowest BCUT2D eigenvalue weighted by Crippen LogP contribution is -2.15. The van der Waals surface area contributed by atoms with Gasteiger partial charge in [0.05, 0.1) is 0 Å². The van der Waals surface area contributed by atoms with Crippen molar-refractivity contribution >= 4 is 23.2 Å². The minimum Gasteiger partial charge on any atom is -0.377 e. The number of carbonyl (C=O) groups excluding carboxylic acids is 1. The van der Waals surface area contributed by atoms with Gasteiger partial charge < -0.3 is 4.90 Å². The molecule has 0 amide bonds. The van der Waals surface area contributed by atoms with Gasteiger partial charge in [-0.25, -0.2) is 0 Å². The van der Waals surface area contributed by atoms with Crippen LogP contribution in [0, 0.1) is 0 Å². The molecular weight excluding hydrogens is 254 g/mol. The van der Waals surface area contributed by atoms with E-state index in [9.17, 15) is 4.79 Å². The minimum absolute atomic E-state index is 0.139. The van der Waals surface area contributed by atoms with Gasteiger partial charge in [0, 0.05) is 41.6 Å². The van der Waals surface area contributed by atoms with Crippen molar-refractivity contribution in [3.63, 3.8) is 0 Å². The maximum atomic E-state index is 12.8. The average molecular weight is 269 g/mol. The predicted molar refractivity (Wildman–Crippen MR) is 80.2 cm³/mol. The Hall–Kier alpha value is -1.74. The van der Waals surface area contributed by atoms with Crippen LogP contribution in [0.3, 0.4) is 0 Å². The highest BCUT2D eigenvalue weighted by molar-refractivity contribution is 7.98. The summed E-state index contributed by atoms with van der Waals surface area (Å²) in [4.78, 5) is 15.9. The van der Waals surface area contributed by atoms with Gasteiger partial charge in [-0.1, -0.05) is 24.3 Å². The van der Waals surface area contributed by atoms with E-state index >= 15 is 0 Å². The molecule has 96 valence electrons. The molecule has 0 unspecified atom stereocenters. The second kappa shape index (κ2) is 4.74. The monoisotopic (exact) mass is 269 g/mol. The zero-order valence-electron chi connectivity index (χ0n) is 11.0. The Morgan fingerprint density at radius 3 is 2.63 bits per heavy atom. The van der Waals surface area contributed by atoms with E-state index in [0.717, 1.165) is 33.0 Å². The number of rotatable bonds is 1. The van der Waals surface area contributed by atoms with Gasteiger partial charge in [0.1, 0.15) is 0 Å². The molecule has 0 saturated carbocycles. The Kier molecular flexibility index (Phi) is 3.07. The number of hydrogen-bond acceptors (Lipinski definition) is 3. The SMILES string of the molecule is CN(C)c1cccc2c1C(=O)c1ccccc1SC2. The molecule has 1 heterocycles. The lowest BCUT2D eigenvalue weighted by Gasteiger charge is -2.18. The van der Waals surface area contributed by atoms with E-state index in [1.165, 1.54) is 0 Å². The first-order valence-electron chi connectivity index (χ1n) is 6.24. The third-order valence-corrected chi connectivity index (χ3v) is 4.47. The summed E-state index contributed by atoms with van der Waals surface area (Å²) in [5, 5.41) is 0. The molecule has 0 spiro atoms. The van der Waals surface area contributed by atoms with Gasteiger partial charge in [-0.3, -0.25) is 4.79 Å². The molecule has 2 aromatic carbocycles. The van der Waals surface area contributed by atoms with Crippen molar-refractivity contribution in [2.45, 2.75) is 10.6 Å². The molecule has 0 fully saturated rings. The molecule has 0 atom stereocenters. The zero-order chi connectivity index (χ0) is 13.4. The summed E-state index contributed by atoms with van der Waals surface area (Å²) >= 11 is 1.74. The van der Waals surface area contributed by atoms with Crippen molar-refractivity contribution in [2.24, 2.45) is 0 Å². The molecule has 1 aliphatic rings. The van der Waals surface area contributed by atoms with E-state index in [0.29, 0.717) is 0 Å². The summed E-state index contributed by atoms with van der Waals surface area (Å²) in [5.41, 5.74) is 3.79.